The average molecular weight is 247 g/mol. The summed E-state index contributed by atoms with van der Waals surface area (Å²) in [6.45, 7) is 4.92. The minimum atomic E-state index is -0.250. The number of nitrogens with zero attached hydrogens (tertiary/aromatic N) is 2. The number of aromatic nitrogens is 2. The van der Waals surface area contributed by atoms with Crippen LogP contribution in [0.1, 0.15) is 25.3 Å². The zero-order chi connectivity index (χ0) is 13.0. The van der Waals surface area contributed by atoms with Crippen molar-refractivity contribution in [2.45, 2.75) is 33.2 Å². The zero-order valence-corrected chi connectivity index (χ0v) is 10.8. The van der Waals surface area contributed by atoms with Crippen LogP contribution in [-0.4, -0.2) is 9.55 Å². The van der Waals surface area contributed by atoms with Gasteiger partial charge in [-0.1, -0.05) is 25.5 Å². The molecule has 4 heteroatoms. The van der Waals surface area contributed by atoms with Gasteiger partial charge in [-0.3, -0.25) is 0 Å². The van der Waals surface area contributed by atoms with Gasteiger partial charge in [0.1, 0.15) is 5.82 Å². The molecular formula is C14H18FN3. The lowest BCUT2D eigenvalue weighted by atomic mass is 10.2. The second-order valence-electron chi connectivity index (χ2n) is 4.35. The molecule has 0 aliphatic heterocycles. The smallest absolute Gasteiger partial charge is 0.207 e. The van der Waals surface area contributed by atoms with Crippen LogP contribution in [0, 0.1) is 12.7 Å². The van der Waals surface area contributed by atoms with E-state index in [-0.39, 0.29) is 5.82 Å². The first-order chi connectivity index (χ1) is 8.72. The third-order valence-electron chi connectivity index (χ3n) is 2.93. The van der Waals surface area contributed by atoms with Crippen molar-refractivity contribution in [1.29, 1.82) is 0 Å². The maximum Gasteiger partial charge on any atom is 0.207 e. The van der Waals surface area contributed by atoms with Crippen molar-refractivity contribution in [2.75, 3.05) is 5.32 Å². The van der Waals surface area contributed by atoms with Gasteiger partial charge in [0.15, 0.2) is 0 Å². The van der Waals surface area contributed by atoms with E-state index in [1.165, 1.54) is 6.07 Å². The number of aryl methyl sites for hydroxylation is 2. The molecule has 0 atom stereocenters. The van der Waals surface area contributed by atoms with Crippen LogP contribution in [0.4, 0.5) is 16.0 Å². The van der Waals surface area contributed by atoms with Crippen molar-refractivity contribution in [3.63, 3.8) is 0 Å². The number of para-hydroxylation sites is 1. The molecule has 0 aliphatic carbocycles. The van der Waals surface area contributed by atoms with E-state index >= 15 is 0 Å². The molecule has 0 amide bonds. The Balaban J connectivity index is 2.21. The van der Waals surface area contributed by atoms with Gasteiger partial charge in [-0.2, -0.15) is 0 Å². The Morgan fingerprint density at radius 2 is 2.22 bits per heavy atom. The molecule has 2 aromatic rings. The van der Waals surface area contributed by atoms with Crippen LogP contribution in [0.3, 0.4) is 0 Å². The second kappa shape index (κ2) is 5.67. The Bertz CT molecular complexity index is 499. The summed E-state index contributed by atoms with van der Waals surface area (Å²) in [5.41, 5.74) is 1.38. The summed E-state index contributed by atoms with van der Waals surface area (Å²) in [5.74, 6) is 0.441. The fourth-order valence-electron chi connectivity index (χ4n) is 1.84. The van der Waals surface area contributed by atoms with Gasteiger partial charge < -0.3 is 9.88 Å². The van der Waals surface area contributed by atoms with Crippen molar-refractivity contribution < 1.29 is 4.39 Å². The minimum Gasteiger partial charge on any atom is -0.323 e. The highest BCUT2D eigenvalue weighted by Crippen LogP contribution is 2.22. The van der Waals surface area contributed by atoms with Crippen molar-refractivity contribution in [2.24, 2.45) is 0 Å². The van der Waals surface area contributed by atoms with Gasteiger partial charge >= 0.3 is 0 Å². The van der Waals surface area contributed by atoms with Crippen LogP contribution >= 0.6 is 0 Å². The molecule has 0 unspecified atom stereocenters. The van der Waals surface area contributed by atoms with E-state index < -0.39 is 0 Å². The van der Waals surface area contributed by atoms with Crippen LogP contribution in [0.25, 0.3) is 0 Å². The number of unbranched alkanes of at least 4 members (excludes halogenated alkanes) is 1. The molecule has 0 spiro atoms. The topological polar surface area (TPSA) is 29.9 Å². The van der Waals surface area contributed by atoms with Gasteiger partial charge in [0, 0.05) is 18.9 Å². The second-order valence-corrected chi connectivity index (χ2v) is 4.35. The number of hydrogen-bond acceptors (Lipinski definition) is 2. The van der Waals surface area contributed by atoms with E-state index in [2.05, 4.69) is 17.2 Å². The fraction of sp³-hybridized carbons (Fsp3) is 0.357. The molecule has 1 aromatic heterocycles. The molecule has 3 nitrogen and oxygen atoms in total. The highest BCUT2D eigenvalue weighted by molar-refractivity contribution is 5.59. The Kier molecular flexibility index (Phi) is 3.97. The Morgan fingerprint density at radius 1 is 1.39 bits per heavy atom. The lowest BCUT2D eigenvalue weighted by molar-refractivity contribution is 0.625. The summed E-state index contributed by atoms with van der Waals surface area (Å²) in [4.78, 5) is 4.23. The number of imidazole rings is 1. The van der Waals surface area contributed by atoms with Crippen molar-refractivity contribution >= 4 is 11.6 Å². The standard InChI is InChI=1S/C14H18FN3/c1-3-4-9-18-10-8-16-14(18)17-13-11(2)6-5-7-12(13)15/h5-8,10H,3-4,9H2,1-2H3,(H,16,17). The Morgan fingerprint density at radius 3 is 2.94 bits per heavy atom. The van der Waals surface area contributed by atoms with E-state index in [0.29, 0.717) is 11.6 Å². The van der Waals surface area contributed by atoms with Crippen molar-refractivity contribution in [3.8, 4) is 0 Å². The number of hydrogen-bond donors (Lipinski definition) is 1. The molecule has 0 bridgehead atoms. The van der Waals surface area contributed by atoms with Gasteiger partial charge in [0.05, 0.1) is 5.69 Å². The molecule has 1 aromatic carbocycles. The summed E-state index contributed by atoms with van der Waals surface area (Å²) in [5, 5.41) is 3.07. The number of rotatable bonds is 5. The van der Waals surface area contributed by atoms with Gasteiger partial charge in [0.2, 0.25) is 5.95 Å². The van der Waals surface area contributed by atoms with E-state index in [0.717, 1.165) is 24.9 Å². The molecule has 0 fully saturated rings. The number of nitrogens with one attached hydrogen (secondary N) is 1. The average Bonchev–Trinajstić information content (AvgIpc) is 2.79. The first-order valence-electron chi connectivity index (χ1n) is 6.25. The number of anilines is 2. The summed E-state index contributed by atoms with van der Waals surface area (Å²) < 4.78 is 15.7. The molecule has 1 N–H and O–H groups in total. The van der Waals surface area contributed by atoms with Crippen LogP contribution in [0.2, 0.25) is 0 Å². The molecule has 96 valence electrons. The van der Waals surface area contributed by atoms with Crippen molar-refractivity contribution in [1.82, 2.24) is 9.55 Å². The SMILES string of the molecule is CCCCn1ccnc1Nc1c(C)cccc1F. The quantitative estimate of drug-likeness (QED) is 0.869. The lowest BCUT2D eigenvalue weighted by Gasteiger charge is -2.12. The molecule has 1 heterocycles. The van der Waals surface area contributed by atoms with Crippen LogP contribution < -0.4 is 5.32 Å². The van der Waals surface area contributed by atoms with Crippen molar-refractivity contribution in [3.05, 3.63) is 42.0 Å². The highest BCUT2D eigenvalue weighted by Gasteiger charge is 2.08. The predicted molar refractivity (Wildman–Crippen MR) is 71.6 cm³/mol. The lowest BCUT2D eigenvalue weighted by Crippen LogP contribution is -2.05. The molecule has 18 heavy (non-hydrogen) atoms. The maximum absolute atomic E-state index is 13.7. The van der Waals surface area contributed by atoms with E-state index in [1.807, 2.05) is 23.8 Å². The monoisotopic (exact) mass is 247 g/mol. The zero-order valence-electron chi connectivity index (χ0n) is 10.8. The summed E-state index contributed by atoms with van der Waals surface area (Å²) in [7, 11) is 0. The third-order valence-corrected chi connectivity index (χ3v) is 2.93. The molecule has 0 aliphatic rings. The fourth-order valence-corrected chi connectivity index (χ4v) is 1.84. The summed E-state index contributed by atoms with van der Waals surface area (Å²) in [6, 6.07) is 5.04. The first kappa shape index (κ1) is 12.6. The Labute approximate surface area is 107 Å². The normalized spacial score (nSPS) is 10.6. The van der Waals surface area contributed by atoms with Gasteiger partial charge in [-0.25, -0.2) is 9.37 Å². The minimum absolute atomic E-state index is 0.250. The predicted octanol–water partition coefficient (Wildman–Crippen LogP) is 3.87. The largest absolute Gasteiger partial charge is 0.323 e. The van der Waals surface area contributed by atoms with Gasteiger partial charge in [-0.05, 0) is 25.0 Å². The molecule has 2 rings (SSSR count). The highest BCUT2D eigenvalue weighted by atomic mass is 19.1. The number of benzene rings is 1. The summed E-state index contributed by atoms with van der Waals surface area (Å²) >= 11 is 0. The maximum atomic E-state index is 13.7. The van der Waals surface area contributed by atoms with Crippen LogP contribution in [0.15, 0.2) is 30.6 Å². The first-order valence-corrected chi connectivity index (χ1v) is 6.25. The van der Waals surface area contributed by atoms with Gasteiger partial charge in [-0.15, -0.1) is 0 Å². The molecule has 0 saturated carbocycles. The van der Waals surface area contributed by atoms with Crippen LogP contribution in [0.5, 0.6) is 0 Å². The number of halogens is 1. The molecular weight excluding hydrogens is 229 g/mol. The van der Waals surface area contributed by atoms with Gasteiger partial charge in [0.25, 0.3) is 0 Å². The molecule has 0 saturated heterocycles. The summed E-state index contributed by atoms with van der Waals surface area (Å²) in [6.07, 6.45) is 5.85. The van der Waals surface area contributed by atoms with E-state index in [1.54, 1.807) is 12.3 Å². The van der Waals surface area contributed by atoms with E-state index in [9.17, 15) is 4.39 Å². The molecule has 0 radical (unpaired) electrons. The Hall–Kier alpha value is -1.84. The van der Waals surface area contributed by atoms with E-state index in [4.69, 9.17) is 0 Å². The third kappa shape index (κ3) is 2.70. The van der Waals surface area contributed by atoms with Crippen LogP contribution in [-0.2, 0) is 6.54 Å².